The largest absolute Gasteiger partial charge is 0.496 e. The highest BCUT2D eigenvalue weighted by atomic mass is 79.9. The summed E-state index contributed by atoms with van der Waals surface area (Å²) in [7, 11) is 3.06. The van der Waals surface area contributed by atoms with Crippen LogP contribution in [0.25, 0.3) is 0 Å². The zero-order valence-electron chi connectivity index (χ0n) is 11.9. The normalized spacial score (nSPS) is 10.0. The summed E-state index contributed by atoms with van der Waals surface area (Å²) in [6.07, 6.45) is 0. The first-order valence-corrected chi connectivity index (χ1v) is 7.18. The predicted octanol–water partition coefficient (Wildman–Crippen LogP) is 3.40. The van der Waals surface area contributed by atoms with Gasteiger partial charge in [0.25, 0.3) is 5.91 Å². The van der Waals surface area contributed by atoms with Crippen molar-refractivity contribution in [1.82, 2.24) is 5.32 Å². The minimum atomic E-state index is -0.229. The van der Waals surface area contributed by atoms with Gasteiger partial charge in [0.2, 0.25) is 0 Å². The molecule has 2 aromatic carbocycles. The summed E-state index contributed by atoms with van der Waals surface area (Å²) in [5, 5.41) is 2.87. The Morgan fingerprint density at radius 2 is 1.62 bits per heavy atom. The fourth-order valence-corrected chi connectivity index (χ4v) is 2.21. The summed E-state index contributed by atoms with van der Waals surface area (Å²) in [6, 6.07) is 13.0. The van der Waals surface area contributed by atoms with Crippen LogP contribution >= 0.6 is 15.9 Å². The average molecular weight is 350 g/mol. The molecule has 0 saturated heterocycles. The Balaban J connectivity index is 2.15. The van der Waals surface area contributed by atoms with Gasteiger partial charge >= 0.3 is 0 Å². The third-order valence-corrected chi connectivity index (χ3v) is 3.55. The van der Waals surface area contributed by atoms with Crippen molar-refractivity contribution in [2.75, 3.05) is 14.2 Å². The molecule has 0 aromatic heterocycles. The Hall–Kier alpha value is -2.01. The van der Waals surface area contributed by atoms with Crippen molar-refractivity contribution < 1.29 is 14.3 Å². The third kappa shape index (κ3) is 3.76. The van der Waals surface area contributed by atoms with Gasteiger partial charge in [-0.25, -0.2) is 0 Å². The number of amides is 1. The highest BCUT2D eigenvalue weighted by Gasteiger charge is 2.17. The van der Waals surface area contributed by atoms with Gasteiger partial charge in [0, 0.05) is 11.0 Å². The molecule has 5 heteroatoms. The Labute approximate surface area is 132 Å². The van der Waals surface area contributed by atoms with E-state index in [0.29, 0.717) is 23.6 Å². The summed E-state index contributed by atoms with van der Waals surface area (Å²) in [6.45, 7) is 0.438. The van der Waals surface area contributed by atoms with Crippen LogP contribution < -0.4 is 14.8 Å². The molecule has 110 valence electrons. The van der Waals surface area contributed by atoms with E-state index in [1.807, 2.05) is 24.3 Å². The molecule has 0 fully saturated rings. The second kappa shape index (κ2) is 7.13. The van der Waals surface area contributed by atoms with E-state index in [-0.39, 0.29) is 5.91 Å². The van der Waals surface area contributed by atoms with Crippen molar-refractivity contribution in [2.24, 2.45) is 0 Å². The molecule has 0 spiro atoms. The average Bonchev–Trinajstić information content (AvgIpc) is 2.53. The molecule has 2 rings (SSSR count). The lowest BCUT2D eigenvalue weighted by molar-refractivity contribution is 0.0944. The standard InChI is InChI=1S/C16H16BrNO3/c1-20-13-4-3-5-14(21-2)15(13)16(19)18-10-11-6-8-12(17)9-7-11/h3-9H,10H2,1-2H3,(H,18,19). The Bertz CT molecular complexity index is 604. The first-order chi connectivity index (χ1) is 10.2. The molecule has 1 N–H and O–H groups in total. The van der Waals surface area contributed by atoms with Gasteiger partial charge in [0.15, 0.2) is 0 Å². The maximum atomic E-state index is 12.4. The molecule has 0 bridgehead atoms. The van der Waals surface area contributed by atoms with E-state index in [4.69, 9.17) is 9.47 Å². The molecule has 0 aliphatic rings. The van der Waals surface area contributed by atoms with Gasteiger partial charge in [0.1, 0.15) is 17.1 Å². The number of benzene rings is 2. The molecule has 0 aliphatic carbocycles. The molecule has 0 radical (unpaired) electrons. The van der Waals surface area contributed by atoms with Crippen LogP contribution in [-0.4, -0.2) is 20.1 Å². The monoisotopic (exact) mass is 349 g/mol. The lowest BCUT2D eigenvalue weighted by atomic mass is 10.1. The molecule has 0 unspecified atom stereocenters. The van der Waals surface area contributed by atoms with Crippen molar-refractivity contribution in [2.45, 2.75) is 6.54 Å². The SMILES string of the molecule is COc1cccc(OC)c1C(=O)NCc1ccc(Br)cc1. The van der Waals surface area contributed by atoms with Crippen molar-refractivity contribution in [3.63, 3.8) is 0 Å². The van der Waals surface area contributed by atoms with Crippen LogP contribution in [0.4, 0.5) is 0 Å². The zero-order valence-corrected chi connectivity index (χ0v) is 13.4. The van der Waals surface area contributed by atoms with Crippen LogP contribution in [0.15, 0.2) is 46.9 Å². The maximum absolute atomic E-state index is 12.4. The maximum Gasteiger partial charge on any atom is 0.259 e. The van der Waals surface area contributed by atoms with E-state index in [1.165, 1.54) is 14.2 Å². The van der Waals surface area contributed by atoms with Crippen LogP contribution in [0, 0.1) is 0 Å². The lowest BCUT2D eigenvalue weighted by Crippen LogP contribution is -2.24. The molecule has 1 amide bonds. The molecule has 21 heavy (non-hydrogen) atoms. The van der Waals surface area contributed by atoms with Crippen molar-refractivity contribution in [3.8, 4) is 11.5 Å². The van der Waals surface area contributed by atoms with E-state index in [2.05, 4.69) is 21.2 Å². The highest BCUT2D eigenvalue weighted by molar-refractivity contribution is 9.10. The number of carbonyl (C=O) groups is 1. The second-order valence-electron chi connectivity index (χ2n) is 4.35. The van der Waals surface area contributed by atoms with Gasteiger partial charge in [-0.05, 0) is 29.8 Å². The van der Waals surface area contributed by atoms with Gasteiger partial charge < -0.3 is 14.8 Å². The number of carbonyl (C=O) groups excluding carboxylic acids is 1. The Morgan fingerprint density at radius 3 is 2.14 bits per heavy atom. The van der Waals surface area contributed by atoms with Gasteiger partial charge in [-0.15, -0.1) is 0 Å². The molecule has 0 atom stereocenters. The summed E-state index contributed by atoms with van der Waals surface area (Å²) < 4.78 is 11.5. The highest BCUT2D eigenvalue weighted by Crippen LogP contribution is 2.28. The quantitative estimate of drug-likeness (QED) is 0.899. The topological polar surface area (TPSA) is 47.6 Å². The number of methoxy groups -OCH3 is 2. The number of halogens is 1. The number of rotatable bonds is 5. The third-order valence-electron chi connectivity index (χ3n) is 3.02. The Kier molecular flexibility index (Phi) is 5.22. The van der Waals surface area contributed by atoms with Crippen LogP contribution in [0.2, 0.25) is 0 Å². The predicted molar refractivity (Wildman–Crippen MR) is 84.9 cm³/mol. The second-order valence-corrected chi connectivity index (χ2v) is 5.26. The lowest BCUT2D eigenvalue weighted by Gasteiger charge is -2.13. The molecular weight excluding hydrogens is 334 g/mol. The Morgan fingerprint density at radius 1 is 1.05 bits per heavy atom. The van der Waals surface area contributed by atoms with Gasteiger partial charge in [-0.3, -0.25) is 4.79 Å². The van der Waals surface area contributed by atoms with Crippen molar-refractivity contribution in [3.05, 3.63) is 58.1 Å². The summed E-state index contributed by atoms with van der Waals surface area (Å²) in [4.78, 5) is 12.4. The summed E-state index contributed by atoms with van der Waals surface area (Å²) >= 11 is 3.38. The first kappa shape index (κ1) is 15.4. The van der Waals surface area contributed by atoms with E-state index in [1.54, 1.807) is 18.2 Å². The molecule has 2 aromatic rings. The fraction of sp³-hybridized carbons (Fsp3) is 0.188. The van der Waals surface area contributed by atoms with Gasteiger partial charge in [-0.1, -0.05) is 34.1 Å². The molecule has 0 heterocycles. The number of hydrogen-bond acceptors (Lipinski definition) is 3. The number of hydrogen-bond donors (Lipinski definition) is 1. The molecule has 4 nitrogen and oxygen atoms in total. The van der Waals surface area contributed by atoms with E-state index < -0.39 is 0 Å². The number of ether oxygens (including phenoxy) is 2. The van der Waals surface area contributed by atoms with Crippen LogP contribution in [0.5, 0.6) is 11.5 Å². The zero-order chi connectivity index (χ0) is 15.2. The molecule has 0 saturated carbocycles. The van der Waals surface area contributed by atoms with Crippen molar-refractivity contribution in [1.29, 1.82) is 0 Å². The number of nitrogens with one attached hydrogen (secondary N) is 1. The van der Waals surface area contributed by atoms with Crippen molar-refractivity contribution >= 4 is 21.8 Å². The van der Waals surface area contributed by atoms with Crippen LogP contribution in [-0.2, 0) is 6.54 Å². The summed E-state index contributed by atoms with van der Waals surface area (Å²) in [5.74, 6) is 0.748. The minimum absolute atomic E-state index is 0.229. The first-order valence-electron chi connectivity index (χ1n) is 6.39. The van der Waals surface area contributed by atoms with E-state index in [0.717, 1.165) is 10.0 Å². The smallest absolute Gasteiger partial charge is 0.259 e. The summed E-state index contributed by atoms with van der Waals surface area (Å²) in [5.41, 5.74) is 1.42. The molecular formula is C16H16BrNO3. The van der Waals surface area contributed by atoms with E-state index >= 15 is 0 Å². The van der Waals surface area contributed by atoms with E-state index in [9.17, 15) is 4.79 Å². The van der Waals surface area contributed by atoms with Gasteiger partial charge in [-0.2, -0.15) is 0 Å². The fourth-order valence-electron chi connectivity index (χ4n) is 1.95. The van der Waals surface area contributed by atoms with Gasteiger partial charge in [0.05, 0.1) is 14.2 Å². The molecule has 0 aliphatic heterocycles. The van der Waals surface area contributed by atoms with Crippen LogP contribution in [0.1, 0.15) is 15.9 Å². The minimum Gasteiger partial charge on any atom is -0.496 e. The van der Waals surface area contributed by atoms with Crippen LogP contribution in [0.3, 0.4) is 0 Å².